The molecule has 0 heterocycles. The molecule has 6 nitrogen and oxygen atoms in total. The van der Waals surface area contributed by atoms with Gasteiger partial charge in [-0.15, -0.1) is 0 Å². The number of hydrogen-bond acceptors (Lipinski definition) is 8. The second kappa shape index (κ2) is 12.3. The van der Waals surface area contributed by atoms with Crippen molar-refractivity contribution < 1.29 is 29.3 Å². The average molecular weight is 326 g/mol. The summed E-state index contributed by atoms with van der Waals surface area (Å²) in [6.45, 7) is 4.41. The van der Waals surface area contributed by atoms with Gasteiger partial charge in [-0.1, -0.05) is 26.7 Å². The zero-order valence-corrected chi connectivity index (χ0v) is 13.4. The molecule has 0 aromatic rings. The summed E-state index contributed by atoms with van der Waals surface area (Å²) in [5.74, 6) is -1.55. The van der Waals surface area contributed by atoms with Gasteiger partial charge in [-0.2, -0.15) is 0 Å². The molecule has 0 aliphatic heterocycles. The van der Waals surface area contributed by atoms with Gasteiger partial charge in [0.1, 0.15) is 0 Å². The van der Waals surface area contributed by atoms with Crippen LogP contribution in [0.3, 0.4) is 0 Å². The standard InChI is InChI=1S/C12H22O6S2/c1-3-5-7-17-9(13)11(15)19-20-12(16)10(14)18-8-6-4-2/h11-12,15-16H,3-8H2,1-2H3. The van der Waals surface area contributed by atoms with Crippen LogP contribution in [-0.4, -0.2) is 46.2 Å². The molecule has 0 aromatic heterocycles. The monoisotopic (exact) mass is 326 g/mol. The molecular weight excluding hydrogens is 304 g/mol. The van der Waals surface area contributed by atoms with Crippen LogP contribution >= 0.6 is 21.6 Å². The molecule has 0 fully saturated rings. The van der Waals surface area contributed by atoms with Crippen LogP contribution in [0.15, 0.2) is 0 Å². The SMILES string of the molecule is CCCCOC(=O)C(O)SSC(O)C(=O)OCCCC. The van der Waals surface area contributed by atoms with Gasteiger partial charge in [0, 0.05) is 0 Å². The minimum atomic E-state index is -1.44. The largest absolute Gasteiger partial charge is 0.463 e. The van der Waals surface area contributed by atoms with Gasteiger partial charge in [0.2, 0.25) is 10.9 Å². The fraction of sp³-hybridized carbons (Fsp3) is 0.833. The lowest BCUT2D eigenvalue weighted by atomic mass is 10.4. The number of rotatable bonds is 11. The zero-order valence-electron chi connectivity index (χ0n) is 11.7. The van der Waals surface area contributed by atoms with E-state index in [9.17, 15) is 19.8 Å². The first kappa shape index (κ1) is 19.6. The minimum absolute atomic E-state index is 0.249. The number of aliphatic hydroxyl groups is 2. The van der Waals surface area contributed by atoms with Crippen LogP contribution in [-0.2, 0) is 19.1 Å². The van der Waals surface area contributed by atoms with Crippen LogP contribution in [0.1, 0.15) is 39.5 Å². The normalized spacial score (nSPS) is 13.6. The van der Waals surface area contributed by atoms with Crippen molar-refractivity contribution >= 4 is 33.5 Å². The van der Waals surface area contributed by atoms with Crippen molar-refractivity contribution in [1.29, 1.82) is 0 Å². The first-order valence-electron chi connectivity index (χ1n) is 6.54. The fourth-order valence-corrected chi connectivity index (χ4v) is 2.57. The molecule has 0 spiro atoms. The molecular formula is C12H22O6S2. The van der Waals surface area contributed by atoms with Crippen molar-refractivity contribution in [1.82, 2.24) is 0 Å². The van der Waals surface area contributed by atoms with Crippen LogP contribution in [0.2, 0.25) is 0 Å². The highest BCUT2D eigenvalue weighted by atomic mass is 33.1. The summed E-state index contributed by atoms with van der Waals surface area (Å²) in [4.78, 5) is 22.6. The highest BCUT2D eigenvalue weighted by Crippen LogP contribution is 2.30. The number of carbonyl (C=O) groups excluding carboxylic acids is 2. The zero-order chi connectivity index (χ0) is 15.4. The van der Waals surface area contributed by atoms with Gasteiger partial charge < -0.3 is 19.7 Å². The van der Waals surface area contributed by atoms with E-state index in [0.717, 1.165) is 25.7 Å². The van der Waals surface area contributed by atoms with E-state index in [0.29, 0.717) is 21.6 Å². The molecule has 118 valence electrons. The summed E-state index contributed by atoms with van der Waals surface area (Å²) >= 11 is 0. The Hall–Kier alpha value is -0.440. The van der Waals surface area contributed by atoms with Crippen LogP contribution in [0, 0.1) is 0 Å². The van der Waals surface area contributed by atoms with Crippen LogP contribution in [0.25, 0.3) is 0 Å². The van der Waals surface area contributed by atoms with Crippen LogP contribution in [0.4, 0.5) is 0 Å². The molecule has 8 heteroatoms. The number of esters is 2. The predicted molar refractivity (Wildman–Crippen MR) is 78.9 cm³/mol. The van der Waals surface area contributed by atoms with E-state index in [-0.39, 0.29) is 13.2 Å². The highest BCUT2D eigenvalue weighted by Gasteiger charge is 2.23. The third kappa shape index (κ3) is 9.46. The van der Waals surface area contributed by atoms with Gasteiger partial charge in [-0.25, -0.2) is 9.59 Å². The van der Waals surface area contributed by atoms with Gasteiger partial charge in [0.05, 0.1) is 13.2 Å². The predicted octanol–water partition coefficient (Wildman–Crippen LogP) is 1.69. The maximum absolute atomic E-state index is 11.3. The van der Waals surface area contributed by atoms with Crippen LogP contribution in [0.5, 0.6) is 0 Å². The minimum Gasteiger partial charge on any atom is -0.463 e. The van der Waals surface area contributed by atoms with Crippen molar-refractivity contribution in [3.8, 4) is 0 Å². The average Bonchev–Trinajstić information content (AvgIpc) is 2.44. The Morgan fingerprint density at radius 2 is 1.25 bits per heavy atom. The molecule has 0 aliphatic rings. The molecule has 0 rings (SSSR count). The number of carbonyl (C=O) groups is 2. The molecule has 0 bridgehead atoms. The number of unbranched alkanes of at least 4 members (excludes halogenated alkanes) is 2. The lowest BCUT2D eigenvalue weighted by molar-refractivity contribution is -0.149. The maximum Gasteiger partial charge on any atom is 0.346 e. The van der Waals surface area contributed by atoms with Gasteiger partial charge in [-0.05, 0) is 34.4 Å². The van der Waals surface area contributed by atoms with E-state index in [4.69, 9.17) is 9.47 Å². The second-order valence-corrected chi connectivity index (χ2v) is 6.37. The lowest BCUT2D eigenvalue weighted by Gasteiger charge is -2.12. The van der Waals surface area contributed by atoms with Crippen molar-refractivity contribution in [2.24, 2.45) is 0 Å². The van der Waals surface area contributed by atoms with E-state index < -0.39 is 22.8 Å². The molecule has 0 saturated carbocycles. The first-order chi connectivity index (χ1) is 9.52. The van der Waals surface area contributed by atoms with E-state index in [1.807, 2.05) is 13.8 Å². The summed E-state index contributed by atoms with van der Waals surface area (Å²) in [6, 6.07) is 0. The number of hydrogen-bond donors (Lipinski definition) is 2. The Morgan fingerprint density at radius 3 is 1.55 bits per heavy atom. The molecule has 2 N–H and O–H groups in total. The Morgan fingerprint density at radius 1 is 0.900 bits per heavy atom. The lowest BCUT2D eigenvalue weighted by Crippen LogP contribution is -2.22. The molecule has 0 amide bonds. The maximum atomic E-state index is 11.3. The summed E-state index contributed by atoms with van der Waals surface area (Å²) in [5, 5.41) is 18.9. The number of ether oxygens (including phenoxy) is 2. The third-order valence-corrected chi connectivity index (χ3v) is 4.41. The third-order valence-electron chi connectivity index (χ3n) is 2.13. The Bertz CT molecular complexity index is 259. The van der Waals surface area contributed by atoms with Crippen molar-refractivity contribution in [3.05, 3.63) is 0 Å². The number of aliphatic hydroxyl groups excluding tert-OH is 2. The summed E-state index contributed by atoms with van der Waals surface area (Å²) < 4.78 is 9.59. The van der Waals surface area contributed by atoms with Gasteiger partial charge in [0.25, 0.3) is 0 Å². The molecule has 20 heavy (non-hydrogen) atoms. The van der Waals surface area contributed by atoms with Crippen molar-refractivity contribution in [3.63, 3.8) is 0 Å². The summed E-state index contributed by atoms with van der Waals surface area (Å²) in [7, 11) is 1.33. The summed E-state index contributed by atoms with van der Waals surface area (Å²) in [5.41, 5.74) is -2.87. The topological polar surface area (TPSA) is 93.1 Å². The van der Waals surface area contributed by atoms with E-state index >= 15 is 0 Å². The fourth-order valence-electron chi connectivity index (χ4n) is 0.961. The molecule has 2 unspecified atom stereocenters. The van der Waals surface area contributed by atoms with E-state index in [1.165, 1.54) is 0 Å². The van der Waals surface area contributed by atoms with Gasteiger partial charge in [-0.3, -0.25) is 0 Å². The van der Waals surface area contributed by atoms with E-state index in [2.05, 4.69) is 0 Å². The second-order valence-electron chi connectivity index (χ2n) is 3.94. The Labute approximate surface area is 127 Å². The molecule has 0 aromatic carbocycles. The van der Waals surface area contributed by atoms with E-state index in [1.54, 1.807) is 0 Å². The summed E-state index contributed by atoms with van der Waals surface area (Å²) in [6.07, 6.45) is 3.21. The van der Waals surface area contributed by atoms with Crippen molar-refractivity contribution in [2.45, 2.75) is 50.4 Å². The first-order valence-corrected chi connectivity index (χ1v) is 8.82. The molecule has 0 aliphatic carbocycles. The Balaban J connectivity index is 3.83. The molecule has 0 radical (unpaired) electrons. The molecule has 2 atom stereocenters. The van der Waals surface area contributed by atoms with Crippen molar-refractivity contribution in [2.75, 3.05) is 13.2 Å². The quantitative estimate of drug-likeness (QED) is 0.256. The smallest absolute Gasteiger partial charge is 0.346 e. The van der Waals surface area contributed by atoms with Gasteiger partial charge >= 0.3 is 11.9 Å². The van der Waals surface area contributed by atoms with Crippen LogP contribution < -0.4 is 0 Å². The highest BCUT2D eigenvalue weighted by molar-refractivity contribution is 8.77. The Kier molecular flexibility index (Phi) is 12.0. The van der Waals surface area contributed by atoms with Gasteiger partial charge in [0.15, 0.2) is 0 Å². The molecule has 0 saturated heterocycles.